The minimum Gasteiger partial charge on any atom is -0.383 e. The van der Waals surface area contributed by atoms with Gasteiger partial charge in [-0.3, -0.25) is 0 Å². The van der Waals surface area contributed by atoms with Crippen LogP contribution >= 0.6 is 11.3 Å². The van der Waals surface area contributed by atoms with Crippen LogP contribution in [0.1, 0.15) is 24.4 Å². The molecular weight excluding hydrogens is 234 g/mol. The topological polar surface area (TPSA) is 37.4 Å². The summed E-state index contributed by atoms with van der Waals surface area (Å²) in [6, 6.07) is 0. The van der Waals surface area contributed by atoms with Gasteiger partial charge in [-0.1, -0.05) is 6.92 Å². The fourth-order valence-corrected chi connectivity index (χ4v) is 2.66. The minimum absolute atomic E-state index is 0.745. The highest BCUT2D eigenvalue weighted by molar-refractivity contribution is 7.15. The van der Waals surface area contributed by atoms with Crippen LogP contribution in [0.5, 0.6) is 0 Å². The minimum atomic E-state index is 0.745. The van der Waals surface area contributed by atoms with Gasteiger partial charge in [-0.25, -0.2) is 4.98 Å². The maximum Gasteiger partial charge on any atom is 0.185 e. The van der Waals surface area contributed by atoms with Crippen LogP contribution in [0.25, 0.3) is 0 Å². The molecule has 0 amide bonds. The zero-order chi connectivity index (χ0) is 12.7. The molecular formula is C12H23N3OS. The predicted molar refractivity (Wildman–Crippen MR) is 74.0 cm³/mol. The number of nitrogens with zero attached hydrogens (tertiary/aromatic N) is 2. The van der Waals surface area contributed by atoms with E-state index in [9.17, 15) is 0 Å². The van der Waals surface area contributed by atoms with E-state index in [2.05, 4.69) is 36.0 Å². The Hall–Kier alpha value is -0.650. The third-order valence-electron chi connectivity index (χ3n) is 2.63. The Labute approximate surface area is 108 Å². The van der Waals surface area contributed by atoms with Gasteiger partial charge in [-0.05, 0) is 20.4 Å². The number of anilines is 1. The molecule has 0 saturated heterocycles. The molecule has 0 aromatic carbocycles. The van der Waals surface area contributed by atoms with Crippen LogP contribution in [-0.4, -0.2) is 38.3 Å². The molecule has 0 aliphatic heterocycles. The monoisotopic (exact) mass is 257 g/mol. The maximum atomic E-state index is 5.12. The van der Waals surface area contributed by atoms with Crippen LogP contribution in [0.2, 0.25) is 0 Å². The van der Waals surface area contributed by atoms with Gasteiger partial charge in [0.25, 0.3) is 0 Å². The van der Waals surface area contributed by atoms with Crippen LogP contribution in [0.4, 0.5) is 5.13 Å². The number of hydrogen-bond acceptors (Lipinski definition) is 5. The number of likely N-dealkylation sites (N-methyl/N-ethyl adjacent to an activating group) is 1. The Kier molecular flexibility index (Phi) is 6.47. The lowest BCUT2D eigenvalue weighted by Gasteiger charge is -2.18. The van der Waals surface area contributed by atoms with Crippen molar-refractivity contribution >= 4 is 16.5 Å². The fourth-order valence-electron chi connectivity index (χ4n) is 1.54. The van der Waals surface area contributed by atoms with Crippen molar-refractivity contribution in [2.45, 2.75) is 27.3 Å². The molecule has 5 heteroatoms. The third-order valence-corrected chi connectivity index (χ3v) is 3.85. The molecule has 0 fully saturated rings. The number of aryl methyl sites for hydroxylation is 1. The van der Waals surface area contributed by atoms with Gasteiger partial charge in [-0.15, -0.1) is 11.3 Å². The number of methoxy groups -OCH3 is 1. The second kappa shape index (κ2) is 7.63. The molecule has 0 aliphatic carbocycles. The summed E-state index contributed by atoms with van der Waals surface area (Å²) in [5, 5.41) is 4.45. The van der Waals surface area contributed by atoms with Gasteiger partial charge < -0.3 is 15.0 Å². The van der Waals surface area contributed by atoms with Crippen LogP contribution in [0.15, 0.2) is 0 Å². The van der Waals surface area contributed by atoms with E-state index in [0.29, 0.717) is 0 Å². The highest BCUT2D eigenvalue weighted by Gasteiger charge is 2.12. The lowest BCUT2D eigenvalue weighted by molar-refractivity contribution is 0.205. The molecule has 0 radical (unpaired) electrons. The van der Waals surface area contributed by atoms with Crippen LogP contribution < -0.4 is 10.2 Å². The first-order valence-corrected chi connectivity index (χ1v) is 6.95. The van der Waals surface area contributed by atoms with Crippen molar-refractivity contribution in [3.05, 3.63) is 10.6 Å². The molecule has 4 nitrogen and oxygen atoms in total. The van der Waals surface area contributed by atoms with Crippen molar-refractivity contribution in [2.75, 3.05) is 38.3 Å². The standard InChI is InChI=1S/C12H23N3OS/c1-5-13-9-11-10(3)14-12(17-11)15(6-2)7-8-16-4/h13H,5-9H2,1-4H3. The zero-order valence-electron chi connectivity index (χ0n) is 11.2. The lowest BCUT2D eigenvalue weighted by Crippen LogP contribution is -2.26. The molecule has 0 aliphatic rings. The highest BCUT2D eigenvalue weighted by atomic mass is 32.1. The number of rotatable bonds is 8. The third kappa shape index (κ3) is 4.26. The molecule has 17 heavy (non-hydrogen) atoms. The molecule has 0 unspecified atom stereocenters. The Morgan fingerprint density at radius 2 is 2.18 bits per heavy atom. The molecule has 98 valence electrons. The molecule has 0 bridgehead atoms. The van der Waals surface area contributed by atoms with Gasteiger partial charge in [0.05, 0.1) is 12.3 Å². The molecule has 0 atom stereocenters. The second-order valence-electron chi connectivity index (χ2n) is 3.86. The van der Waals surface area contributed by atoms with Gasteiger partial charge in [0.15, 0.2) is 5.13 Å². The Morgan fingerprint density at radius 1 is 1.41 bits per heavy atom. The quantitative estimate of drug-likeness (QED) is 0.773. The zero-order valence-corrected chi connectivity index (χ0v) is 12.1. The largest absolute Gasteiger partial charge is 0.383 e. The van der Waals surface area contributed by atoms with E-state index in [4.69, 9.17) is 4.74 Å². The summed E-state index contributed by atoms with van der Waals surface area (Å²) < 4.78 is 5.12. The SMILES string of the molecule is CCNCc1sc(N(CC)CCOC)nc1C. The fraction of sp³-hybridized carbons (Fsp3) is 0.750. The molecule has 1 rings (SSSR count). The summed E-state index contributed by atoms with van der Waals surface area (Å²) in [6.45, 7) is 10.9. The van der Waals surface area contributed by atoms with Crippen molar-refractivity contribution in [3.8, 4) is 0 Å². The Balaban J connectivity index is 2.68. The van der Waals surface area contributed by atoms with Crippen LogP contribution in [0, 0.1) is 6.92 Å². The molecule has 1 aromatic rings. The van der Waals surface area contributed by atoms with Crippen molar-refractivity contribution in [3.63, 3.8) is 0 Å². The van der Waals surface area contributed by atoms with Gasteiger partial charge in [-0.2, -0.15) is 0 Å². The maximum absolute atomic E-state index is 5.12. The van der Waals surface area contributed by atoms with Crippen molar-refractivity contribution < 1.29 is 4.74 Å². The van der Waals surface area contributed by atoms with E-state index < -0.39 is 0 Å². The summed E-state index contributed by atoms with van der Waals surface area (Å²) in [5.74, 6) is 0. The Bertz CT molecular complexity index is 328. The van der Waals surface area contributed by atoms with Gasteiger partial charge >= 0.3 is 0 Å². The summed E-state index contributed by atoms with van der Waals surface area (Å²) in [7, 11) is 1.73. The first-order valence-electron chi connectivity index (χ1n) is 6.13. The van der Waals surface area contributed by atoms with Gasteiger partial charge in [0, 0.05) is 31.6 Å². The van der Waals surface area contributed by atoms with Gasteiger partial charge in [0.2, 0.25) is 0 Å². The van der Waals surface area contributed by atoms with E-state index in [-0.39, 0.29) is 0 Å². The molecule has 1 aromatic heterocycles. The number of nitrogens with one attached hydrogen (secondary N) is 1. The second-order valence-corrected chi connectivity index (χ2v) is 4.92. The normalized spacial score (nSPS) is 10.8. The number of hydrogen-bond donors (Lipinski definition) is 1. The van der Waals surface area contributed by atoms with Crippen molar-refractivity contribution in [1.29, 1.82) is 0 Å². The average molecular weight is 257 g/mol. The summed E-state index contributed by atoms with van der Waals surface area (Å²) in [4.78, 5) is 8.23. The Morgan fingerprint density at radius 3 is 2.76 bits per heavy atom. The van der Waals surface area contributed by atoms with Crippen LogP contribution in [0.3, 0.4) is 0 Å². The average Bonchev–Trinajstić information content (AvgIpc) is 2.69. The summed E-state index contributed by atoms with van der Waals surface area (Å²) in [5.41, 5.74) is 1.14. The number of ether oxygens (including phenoxy) is 1. The van der Waals surface area contributed by atoms with E-state index in [1.165, 1.54) is 4.88 Å². The highest BCUT2D eigenvalue weighted by Crippen LogP contribution is 2.25. The molecule has 1 heterocycles. The number of aromatic nitrogens is 1. The lowest BCUT2D eigenvalue weighted by atomic mass is 10.4. The first kappa shape index (κ1) is 14.4. The van der Waals surface area contributed by atoms with Crippen molar-refractivity contribution in [2.24, 2.45) is 0 Å². The first-order chi connectivity index (χ1) is 8.22. The molecule has 1 N–H and O–H groups in total. The van der Waals surface area contributed by atoms with E-state index in [0.717, 1.165) is 43.6 Å². The molecule has 0 saturated carbocycles. The smallest absolute Gasteiger partial charge is 0.185 e. The van der Waals surface area contributed by atoms with Gasteiger partial charge in [0.1, 0.15) is 0 Å². The molecule has 0 spiro atoms. The van der Waals surface area contributed by atoms with Crippen LogP contribution in [-0.2, 0) is 11.3 Å². The number of thiazole rings is 1. The van der Waals surface area contributed by atoms with E-state index in [1.807, 2.05) is 0 Å². The summed E-state index contributed by atoms with van der Waals surface area (Å²) >= 11 is 1.78. The predicted octanol–water partition coefficient (Wildman–Crippen LogP) is 2.03. The summed E-state index contributed by atoms with van der Waals surface area (Å²) in [6.07, 6.45) is 0. The van der Waals surface area contributed by atoms with Crippen molar-refractivity contribution in [1.82, 2.24) is 10.3 Å². The van der Waals surface area contributed by atoms with E-state index in [1.54, 1.807) is 18.4 Å². The van der Waals surface area contributed by atoms with E-state index >= 15 is 0 Å².